The van der Waals surface area contributed by atoms with Crippen molar-refractivity contribution in [2.45, 2.75) is 13.5 Å². The molecule has 3 rings (SSSR count). The van der Waals surface area contributed by atoms with Crippen molar-refractivity contribution < 1.29 is 9.53 Å². The Morgan fingerprint density at radius 2 is 1.88 bits per heavy atom. The van der Waals surface area contributed by atoms with Gasteiger partial charge in [0.2, 0.25) is 5.91 Å². The first-order valence-electron chi connectivity index (χ1n) is 8.02. The molecule has 1 fully saturated rings. The van der Waals surface area contributed by atoms with Crippen LogP contribution in [0.4, 0.5) is 11.4 Å². The van der Waals surface area contributed by atoms with Gasteiger partial charge in [0.1, 0.15) is 6.54 Å². The van der Waals surface area contributed by atoms with Gasteiger partial charge in [0.15, 0.2) is 0 Å². The highest BCUT2D eigenvalue weighted by Crippen LogP contribution is 2.19. The molecule has 0 spiro atoms. The molecule has 6 nitrogen and oxygen atoms in total. The molecule has 1 aromatic heterocycles. The number of aromatic nitrogens is 1. The number of hydrogen-bond donors (Lipinski definition) is 1. The average molecular weight is 327 g/mol. The molecule has 0 atom stereocenters. The monoisotopic (exact) mass is 327 g/mol. The number of carbonyl (C=O) groups is 1. The molecule has 1 N–H and O–H groups in total. The molecule has 24 heavy (non-hydrogen) atoms. The first-order valence-corrected chi connectivity index (χ1v) is 8.02. The van der Waals surface area contributed by atoms with Gasteiger partial charge in [0, 0.05) is 36.2 Å². The lowest BCUT2D eigenvalue weighted by Crippen LogP contribution is -2.36. The Balaban J connectivity index is 1.62. The highest BCUT2D eigenvalue weighted by molar-refractivity contribution is 5.90. The summed E-state index contributed by atoms with van der Waals surface area (Å²) in [5, 5.41) is 2.83. The zero-order valence-corrected chi connectivity index (χ0v) is 13.7. The zero-order valence-electron chi connectivity index (χ0n) is 13.7. The predicted octanol–water partition coefficient (Wildman–Crippen LogP) is 1.63. The van der Waals surface area contributed by atoms with E-state index in [1.807, 2.05) is 24.3 Å². The fourth-order valence-corrected chi connectivity index (χ4v) is 2.71. The molecule has 1 amide bonds. The molecular weight excluding hydrogens is 306 g/mol. The van der Waals surface area contributed by atoms with Crippen molar-refractivity contribution in [2.24, 2.45) is 0 Å². The Kier molecular flexibility index (Phi) is 4.96. The van der Waals surface area contributed by atoms with Crippen LogP contribution in [0.5, 0.6) is 0 Å². The van der Waals surface area contributed by atoms with E-state index in [0.717, 1.165) is 37.7 Å². The van der Waals surface area contributed by atoms with Gasteiger partial charge in [0.25, 0.3) is 5.56 Å². The van der Waals surface area contributed by atoms with E-state index >= 15 is 0 Å². The molecule has 0 bridgehead atoms. The molecule has 1 aliphatic heterocycles. The van der Waals surface area contributed by atoms with E-state index in [9.17, 15) is 9.59 Å². The first kappa shape index (κ1) is 16.3. The Bertz CT molecular complexity index is 762. The lowest BCUT2D eigenvalue weighted by Gasteiger charge is -2.28. The summed E-state index contributed by atoms with van der Waals surface area (Å²) in [6.07, 6.45) is 1.62. The van der Waals surface area contributed by atoms with Crippen molar-refractivity contribution in [1.82, 2.24) is 4.57 Å². The van der Waals surface area contributed by atoms with Gasteiger partial charge in [-0.15, -0.1) is 0 Å². The second kappa shape index (κ2) is 7.31. The third kappa shape index (κ3) is 3.83. The largest absolute Gasteiger partial charge is 0.378 e. The van der Waals surface area contributed by atoms with Crippen molar-refractivity contribution in [3.05, 3.63) is 58.5 Å². The van der Waals surface area contributed by atoms with E-state index in [0.29, 0.717) is 5.56 Å². The van der Waals surface area contributed by atoms with E-state index in [2.05, 4.69) is 10.2 Å². The Labute approximate surface area is 140 Å². The fourth-order valence-electron chi connectivity index (χ4n) is 2.71. The van der Waals surface area contributed by atoms with E-state index in [4.69, 9.17) is 4.74 Å². The van der Waals surface area contributed by atoms with Gasteiger partial charge >= 0.3 is 0 Å². The number of carbonyl (C=O) groups excluding carboxylic acids is 1. The highest BCUT2D eigenvalue weighted by Gasteiger charge is 2.11. The number of hydrogen-bond acceptors (Lipinski definition) is 4. The second-order valence-corrected chi connectivity index (χ2v) is 5.82. The van der Waals surface area contributed by atoms with Gasteiger partial charge in [-0.25, -0.2) is 0 Å². The van der Waals surface area contributed by atoms with Crippen LogP contribution in [-0.2, 0) is 16.1 Å². The molecule has 0 unspecified atom stereocenters. The van der Waals surface area contributed by atoms with Crippen LogP contribution >= 0.6 is 0 Å². The number of nitrogens with one attached hydrogen (secondary N) is 1. The van der Waals surface area contributed by atoms with Crippen LogP contribution in [0.3, 0.4) is 0 Å². The lowest BCUT2D eigenvalue weighted by molar-refractivity contribution is -0.116. The number of ether oxygens (including phenoxy) is 1. The van der Waals surface area contributed by atoms with E-state index in [1.54, 1.807) is 25.3 Å². The minimum Gasteiger partial charge on any atom is -0.378 e. The highest BCUT2D eigenvalue weighted by atomic mass is 16.5. The summed E-state index contributed by atoms with van der Waals surface area (Å²) in [4.78, 5) is 26.3. The summed E-state index contributed by atoms with van der Waals surface area (Å²) in [6.45, 7) is 4.98. The van der Waals surface area contributed by atoms with Crippen LogP contribution in [0.1, 0.15) is 5.56 Å². The minimum atomic E-state index is -0.221. The van der Waals surface area contributed by atoms with Crippen LogP contribution in [-0.4, -0.2) is 36.8 Å². The number of amides is 1. The Hall–Kier alpha value is -2.60. The fraction of sp³-hybridized carbons (Fsp3) is 0.333. The van der Waals surface area contributed by atoms with Crippen LogP contribution in [0.25, 0.3) is 0 Å². The van der Waals surface area contributed by atoms with Crippen LogP contribution in [0.15, 0.2) is 47.4 Å². The Morgan fingerprint density at radius 1 is 1.17 bits per heavy atom. The minimum absolute atomic E-state index is 0.00568. The van der Waals surface area contributed by atoms with Crippen molar-refractivity contribution in [2.75, 3.05) is 36.5 Å². The Morgan fingerprint density at radius 3 is 2.58 bits per heavy atom. The van der Waals surface area contributed by atoms with Crippen molar-refractivity contribution in [1.29, 1.82) is 0 Å². The number of rotatable bonds is 4. The number of morpholine rings is 1. The predicted molar refractivity (Wildman–Crippen MR) is 93.5 cm³/mol. The zero-order chi connectivity index (χ0) is 16.9. The summed E-state index contributed by atoms with van der Waals surface area (Å²) in [7, 11) is 0. The molecule has 0 saturated carbocycles. The topological polar surface area (TPSA) is 63.6 Å². The molecule has 0 radical (unpaired) electrons. The molecule has 0 aliphatic carbocycles. The van der Waals surface area contributed by atoms with Gasteiger partial charge in [-0.2, -0.15) is 0 Å². The maximum Gasteiger partial charge on any atom is 0.253 e. The van der Waals surface area contributed by atoms with Gasteiger partial charge in [-0.1, -0.05) is 6.07 Å². The number of aryl methyl sites for hydroxylation is 1. The van der Waals surface area contributed by atoms with Gasteiger partial charge < -0.3 is 19.5 Å². The maximum atomic E-state index is 12.1. The van der Waals surface area contributed by atoms with Crippen molar-refractivity contribution in [3.8, 4) is 0 Å². The molecule has 6 heteroatoms. The van der Waals surface area contributed by atoms with Crippen molar-refractivity contribution in [3.63, 3.8) is 0 Å². The normalized spacial score (nSPS) is 14.5. The molecule has 2 aromatic rings. The molecular formula is C18H21N3O3. The first-order chi connectivity index (χ1) is 11.6. The van der Waals surface area contributed by atoms with E-state index < -0.39 is 0 Å². The summed E-state index contributed by atoms with van der Waals surface area (Å²) < 4.78 is 6.76. The standard InChI is InChI=1S/C18H21N3O3/c1-14-3-2-8-21(18(14)23)13-17(22)19-15-4-6-16(7-5-15)20-9-11-24-12-10-20/h2-8H,9-13H2,1H3,(H,19,22). The number of anilines is 2. The van der Waals surface area contributed by atoms with E-state index in [-0.39, 0.29) is 18.0 Å². The van der Waals surface area contributed by atoms with Gasteiger partial charge in [-0.3, -0.25) is 9.59 Å². The number of pyridine rings is 1. The van der Waals surface area contributed by atoms with Gasteiger partial charge in [-0.05, 0) is 37.3 Å². The summed E-state index contributed by atoms with van der Waals surface area (Å²) in [6, 6.07) is 11.2. The van der Waals surface area contributed by atoms with E-state index in [1.165, 1.54) is 4.57 Å². The molecule has 1 saturated heterocycles. The molecule has 1 aliphatic rings. The molecule has 126 valence electrons. The quantitative estimate of drug-likeness (QED) is 0.927. The van der Waals surface area contributed by atoms with Crippen LogP contribution in [0.2, 0.25) is 0 Å². The van der Waals surface area contributed by atoms with Crippen LogP contribution < -0.4 is 15.8 Å². The number of nitrogens with zero attached hydrogens (tertiary/aromatic N) is 2. The van der Waals surface area contributed by atoms with Crippen molar-refractivity contribution >= 4 is 17.3 Å². The average Bonchev–Trinajstić information content (AvgIpc) is 2.60. The second-order valence-electron chi connectivity index (χ2n) is 5.82. The summed E-state index contributed by atoms with van der Waals surface area (Å²) in [5.74, 6) is -0.221. The maximum absolute atomic E-state index is 12.1. The van der Waals surface area contributed by atoms with Crippen LogP contribution in [0, 0.1) is 6.92 Å². The number of benzene rings is 1. The summed E-state index contributed by atoms with van der Waals surface area (Å²) >= 11 is 0. The smallest absolute Gasteiger partial charge is 0.253 e. The molecule has 1 aromatic carbocycles. The third-order valence-corrected chi connectivity index (χ3v) is 4.05. The lowest BCUT2D eigenvalue weighted by atomic mass is 10.2. The molecule has 2 heterocycles. The summed E-state index contributed by atoms with van der Waals surface area (Å²) in [5.41, 5.74) is 2.32. The SMILES string of the molecule is Cc1cccn(CC(=O)Nc2ccc(N3CCOCC3)cc2)c1=O. The van der Waals surface area contributed by atoms with Gasteiger partial charge in [0.05, 0.1) is 13.2 Å². The third-order valence-electron chi connectivity index (χ3n) is 4.05.